The van der Waals surface area contributed by atoms with Crippen LogP contribution in [0, 0.1) is 5.92 Å². The Balaban J connectivity index is 2.62. The summed E-state index contributed by atoms with van der Waals surface area (Å²) in [5, 5.41) is 2.45. The summed E-state index contributed by atoms with van der Waals surface area (Å²) in [5.41, 5.74) is -0.906. The van der Waals surface area contributed by atoms with Crippen molar-refractivity contribution < 1.29 is 13.2 Å². The van der Waals surface area contributed by atoms with Gasteiger partial charge >= 0.3 is 6.18 Å². The lowest BCUT2D eigenvalue weighted by Crippen LogP contribution is -2.10. The van der Waals surface area contributed by atoms with Crippen LogP contribution in [0.5, 0.6) is 0 Å². The maximum atomic E-state index is 12.4. The Kier molecular flexibility index (Phi) is 5.26. The molecule has 0 aliphatic rings. The molecule has 2 nitrogen and oxygen atoms in total. The number of hydrogen-bond acceptors (Lipinski definition) is 2. The first-order chi connectivity index (χ1) is 8.34. The molecule has 0 saturated heterocycles. The fourth-order valence-corrected chi connectivity index (χ4v) is 1.66. The third-order valence-corrected chi connectivity index (χ3v) is 3.08. The van der Waals surface area contributed by atoms with Crippen LogP contribution in [0.3, 0.4) is 0 Å². The predicted octanol–water partition coefficient (Wildman–Crippen LogP) is 4.60. The highest BCUT2D eigenvalue weighted by Gasteiger charge is 2.33. The molecule has 0 aliphatic heterocycles. The van der Waals surface area contributed by atoms with Gasteiger partial charge in [0.15, 0.2) is 0 Å². The van der Waals surface area contributed by atoms with Crippen LogP contribution in [0.25, 0.3) is 0 Å². The van der Waals surface area contributed by atoms with Crippen molar-refractivity contribution in [2.45, 2.75) is 32.9 Å². The molecule has 1 aromatic heterocycles. The Morgan fingerprint density at radius 2 is 2.06 bits per heavy atom. The van der Waals surface area contributed by atoms with Gasteiger partial charge in [-0.15, -0.1) is 0 Å². The molecule has 0 aliphatic carbocycles. The van der Waals surface area contributed by atoms with E-state index >= 15 is 0 Å². The van der Waals surface area contributed by atoms with Crippen LogP contribution in [-0.4, -0.2) is 11.5 Å². The monoisotopic (exact) mass is 280 g/mol. The minimum Gasteiger partial charge on any atom is -0.370 e. The summed E-state index contributed by atoms with van der Waals surface area (Å²) in [6.07, 6.45) is -2.45. The van der Waals surface area contributed by atoms with E-state index in [9.17, 15) is 13.2 Å². The first-order valence-electron chi connectivity index (χ1n) is 5.82. The molecule has 102 valence electrons. The highest BCUT2D eigenvalue weighted by Crippen LogP contribution is 2.34. The Morgan fingerprint density at radius 3 is 2.56 bits per heavy atom. The maximum absolute atomic E-state index is 12.4. The van der Waals surface area contributed by atoms with Crippen LogP contribution in [0.15, 0.2) is 12.1 Å². The zero-order chi connectivity index (χ0) is 13.8. The van der Waals surface area contributed by atoms with Crippen molar-refractivity contribution in [2.75, 3.05) is 11.9 Å². The van der Waals surface area contributed by atoms with Gasteiger partial charge in [0.05, 0.1) is 5.56 Å². The highest BCUT2D eigenvalue weighted by atomic mass is 35.5. The summed E-state index contributed by atoms with van der Waals surface area (Å²) < 4.78 is 37.3. The molecule has 0 aromatic carbocycles. The van der Waals surface area contributed by atoms with E-state index in [2.05, 4.69) is 24.1 Å². The van der Waals surface area contributed by atoms with E-state index < -0.39 is 16.9 Å². The number of nitrogens with one attached hydrogen (secondary N) is 1. The quantitative estimate of drug-likeness (QED) is 0.797. The number of pyridine rings is 1. The number of rotatable bonds is 5. The number of halogens is 4. The molecule has 1 aromatic rings. The van der Waals surface area contributed by atoms with Crippen molar-refractivity contribution in [3.8, 4) is 0 Å². The second kappa shape index (κ2) is 6.27. The lowest BCUT2D eigenvalue weighted by Gasteiger charge is -2.12. The molecule has 1 unspecified atom stereocenters. The van der Waals surface area contributed by atoms with Crippen LogP contribution < -0.4 is 5.32 Å². The van der Waals surface area contributed by atoms with Crippen molar-refractivity contribution in [1.82, 2.24) is 4.98 Å². The third kappa shape index (κ3) is 4.37. The Labute approximate surface area is 110 Å². The summed E-state index contributed by atoms with van der Waals surface area (Å²) in [5.74, 6) is 0.943. The number of anilines is 1. The smallest absolute Gasteiger partial charge is 0.370 e. The molecule has 1 heterocycles. The summed E-state index contributed by atoms with van der Waals surface area (Å²) in [6, 6.07) is 2.24. The summed E-state index contributed by atoms with van der Waals surface area (Å²) >= 11 is 5.51. The zero-order valence-corrected chi connectivity index (χ0v) is 11.1. The van der Waals surface area contributed by atoms with E-state index in [1.54, 1.807) is 0 Å². The second-order valence-electron chi connectivity index (χ2n) is 4.26. The number of nitrogens with zero attached hydrogens (tertiary/aromatic N) is 1. The van der Waals surface area contributed by atoms with Gasteiger partial charge in [0.2, 0.25) is 0 Å². The number of hydrogen-bond donors (Lipinski definition) is 1. The van der Waals surface area contributed by atoms with E-state index in [0.29, 0.717) is 18.3 Å². The minimum atomic E-state index is -4.46. The lowest BCUT2D eigenvalue weighted by atomic mass is 10.1. The first kappa shape index (κ1) is 15.1. The van der Waals surface area contributed by atoms with Crippen LogP contribution >= 0.6 is 11.6 Å². The average Bonchev–Trinajstić information content (AvgIpc) is 2.27. The Morgan fingerprint density at radius 1 is 1.39 bits per heavy atom. The van der Waals surface area contributed by atoms with E-state index in [0.717, 1.165) is 18.9 Å². The van der Waals surface area contributed by atoms with Gasteiger partial charge in [0.25, 0.3) is 0 Å². The van der Waals surface area contributed by atoms with Crippen LogP contribution in [0.1, 0.15) is 32.3 Å². The molecule has 1 atom stereocenters. The SMILES string of the molecule is CCC(C)CCNc1ccc(C(F)(F)F)c(Cl)n1. The minimum absolute atomic E-state index is 0.372. The Bertz CT molecular complexity index is 393. The van der Waals surface area contributed by atoms with Gasteiger partial charge in [-0.3, -0.25) is 0 Å². The van der Waals surface area contributed by atoms with Crippen LogP contribution in [0.4, 0.5) is 19.0 Å². The largest absolute Gasteiger partial charge is 0.419 e. The van der Waals surface area contributed by atoms with Crippen LogP contribution in [0.2, 0.25) is 5.15 Å². The molecule has 1 N–H and O–H groups in total. The average molecular weight is 281 g/mol. The summed E-state index contributed by atoms with van der Waals surface area (Å²) in [6.45, 7) is 4.89. The molecule has 0 saturated carbocycles. The van der Waals surface area contributed by atoms with Gasteiger partial charge in [-0.2, -0.15) is 13.2 Å². The molecule has 0 amide bonds. The molecule has 6 heteroatoms. The first-order valence-corrected chi connectivity index (χ1v) is 6.20. The van der Waals surface area contributed by atoms with E-state index in [1.165, 1.54) is 6.07 Å². The van der Waals surface area contributed by atoms with Gasteiger partial charge in [0.1, 0.15) is 11.0 Å². The standard InChI is InChI=1S/C12H16ClF3N2/c1-3-8(2)6-7-17-10-5-4-9(11(13)18-10)12(14,15)16/h4-5,8H,3,6-7H2,1-2H3,(H,17,18). The second-order valence-corrected chi connectivity index (χ2v) is 4.62. The van der Waals surface area contributed by atoms with Gasteiger partial charge in [-0.25, -0.2) is 4.98 Å². The number of aromatic nitrogens is 1. The number of alkyl halides is 3. The summed E-state index contributed by atoms with van der Waals surface area (Å²) in [4.78, 5) is 3.70. The lowest BCUT2D eigenvalue weighted by molar-refractivity contribution is -0.137. The molecule has 0 radical (unpaired) electrons. The maximum Gasteiger partial charge on any atom is 0.419 e. The van der Waals surface area contributed by atoms with Crippen molar-refractivity contribution >= 4 is 17.4 Å². The third-order valence-electron chi connectivity index (χ3n) is 2.79. The predicted molar refractivity (Wildman–Crippen MR) is 66.8 cm³/mol. The van der Waals surface area contributed by atoms with E-state index in [-0.39, 0.29) is 0 Å². The summed E-state index contributed by atoms with van der Waals surface area (Å²) in [7, 11) is 0. The van der Waals surface area contributed by atoms with E-state index in [1.807, 2.05) is 0 Å². The van der Waals surface area contributed by atoms with Gasteiger partial charge in [-0.1, -0.05) is 31.9 Å². The van der Waals surface area contributed by atoms with Gasteiger partial charge < -0.3 is 5.32 Å². The molecule has 0 spiro atoms. The molecule has 18 heavy (non-hydrogen) atoms. The molecular weight excluding hydrogens is 265 g/mol. The topological polar surface area (TPSA) is 24.9 Å². The molecule has 0 fully saturated rings. The normalized spacial score (nSPS) is 13.4. The Hall–Kier alpha value is -0.970. The van der Waals surface area contributed by atoms with Crippen molar-refractivity contribution in [2.24, 2.45) is 5.92 Å². The van der Waals surface area contributed by atoms with Crippen molar-refractivity contribution in [3.63, 3.8) is 0 Å². The highest BCUT2D eigenvalue weighted by molar-refractivity contribution is 6.30. The van der Waals surface area contributed by atoms with E-state index in [4.69, 9.17) is 11.6 Å². The van der Waals surface area contributed by atoms with Gasteiger partial charge in [0, 0.05) is 6.54 Å². The molecule has 1 rings (SSSR count). The molecular formula is C12H16ClF3N2. The molecule has 0 bridgehead atoms. The fourth-order valence-electron chi connectivity index (χ4n) is 1.39. The van der Waals surface area contributed by atoms with Crippen molar-refractivity contribution in [3.05, 3.63) is 22.8 Å². The van der Waals surface area contributed by atoms with Gasteiger partial charge in [-0.05, 0) is 24.5 Å². The van der Waals surface area contributed by atoms with Crippen LogP contribution in [-0.2, 0) is 6.18 Å². The zero-order valence-electron chi connectivity index (χ0n) is 10.3. The fraction of sp³-hybridized carbons (Fsp3) is 0.583. The van der Waals surface area contributed by atoms with Crippen molar-refractivity contribution in [1.29, 1.82) is 0 Å².